The molecule has 82 valence electrons. The lowest BCUT2D eigenvalue weighted by Gasteiger charge is -2.37. The Morgan fingerprint density at radius 3 is 2.93 bits per heavy atom. The van der Waals surface area contributed by atoms with Gasteiger partial charge in [-0.05, 0) is 48.9 Å². The van der Waals surface area contributed by atoms with Gasteiger partial charge in [-0.15, -0.1) is 0 Å². The van der Waals surface area contributed by atoms with Crippen LogP contribution in [-0.4, -0.2) is 6.54 Å². The molecule has 2 rings (SSSR count). The minimum absolute atomic E-state index is 0.179. The summed E-state index contributed by atoms with van der Waals surface area (Å²) in [5.41, 5.74) is 8.99. The summed E-state index contributed by atoms with van der Waals surface area (Å²) in [6.07, 6.45) is 4.73. The second kappa shape index (κ2) is 4.15. The highest BCUT2D eigenvalue weighted by molar-refractivity contribution is 6.30. The Balaban J connectivity index is 2.53. The van der Waals surface area contributed by atoms with Gasteiger partial charge in [-0.3, -0.25) is 0 Å². The first kappa shape index (κ1) is 11.0. The Morgan fingerprint density at radius 2 is 2.27 bits per heavy atom. The van der Waals surface area contributed by atoms with Crippen LogP contribution in [0.25, 0.3) is 0 Å². The molecule has 1 unspecified atom stereocenters. The highest BCUT2D eigenvalue weighted by Crippen LogP contribution is 2.40. The summed E-state index contributed by atoms with van der Waals surface area (Å²) < 4.78 is 0. The minimum atomic E-state index is 0.179. The standard InChI is InChI=1S/C13H18ClN/c1-2-13(9-15)7-3-4-10-5-6-11(14)8-12(10)13/h5-6,8H,2-4,7,9,15H2,1H3. The van der Waals surface area contributed by atoms with Crippen molar-refractivity contribution >= 4 is 11.6 Å². The van der Waals surface area contributed by atoms with Gasteiger partial charge in [0, 0.05) is 17.0 Å². The molecule has 1 aliphatic rings. The van der Waals surface area contributed by atoms with Gasteiger partial charge in [0.2, 0.25) is 0 Å². The molecule has 2 heteroatoms. The van der Waals surface area contributed by atoms with Crippen molar-refractivity contribution in [2.75, 3.05) is 6.54 Å². The molecule has 0 radical (unpaired) electrons. The topological polar surface area (TPSA) is 26.0 Å². The van der Waals surface area contributed by atoms with E-state index in [1.54, 1.807) is 0 Å². The highest BCUT2D eigenvalue weighted by Gasteiger charge is 2.33. The minimum Gasteiger partial charge on any atom is -0.330 e. The molecule has 0 heterocycles. The third-order valence-corrected chi connectivity index (χ3v) is 4.05. The Labute approximate surface area is 96.6 Å². The fourth-order valence-electron chi connectivity index (χ4n) is 2.74. The number of nitrogens with two attached hydrogens (primary N) is 1. The Bertz CT molecular complexity index is 356. The van der Waals surface area contributed by atoms with Crippen LogP contribution in [0, 0.1) is 0 Å². The molecular weight excluding hydrogens is 206 g/mol. The molecule has 0 saturated carbocycles. The van der Waals surface area contributed by atoms with Gasteiger partial charge < -0.3 is 5.73 Å². The Kier molecular flexibility index (Phi) is 3.03. The highest BCUT2D eigenvalue weighted by atomic mass is 35.5. The lowest BCUT2D eigenvalue weighted by atomic mass is 9.68. The fraction of sp³-hybridized carbons (Fsp3) is 0.538. The van der Waals surface area contributed by atoms with Crippen LogP contribution in [-0.2, 0) is 11.8 Å². The van der Waals surface area contributed by atoms with Gasteiger partial charge in [0.05, 0.1) is 0 Å². The third kappa shape index (κ3) is 1.79. The summed E-state index contributed by atoms with van der Waals surface area (Å²) in [4.78, 5) is 0. The van der Waals surface area contributed by atoms with Crippen molar-refractivity contribution in [1.82, 2.24) is 0 Å². The average Bonchev–Trinajstić information content (AvgIpc) is 2.28. The van der Waals surface area contributed by atoms with Gasteiger partial charge in [-0.1, -0.05) is 24.6 Å². The zero-order chi connectivity index (χ0) is 10.9. The van der Waals surface area contributed by atoms with Crippen molar-refractivity contribution in [2.45, 2.75) is 38.0 Å². The third-order valence-electron chi connectivity index (χ3n) is 3.81. The number of rotatable bonds is 2. The van der Waals surface area contributed by atoms with E-state index in [1.165, 1.54) is 30.4 Å². The predicted octanol–water partition coefficient (Wildman–Crippen LogP) is 3.28. The summed E-state index contributed by atoms with van der Waals surface area (Å²) in [5.74, 6) is 0. The first-order valence-electron chi connectivity index (χ1n) is 5.71. The van der Waals surface area contributed by atoms with Gasteiger partial charge in [-0.25, -0.2) is 0 Å². The molecule has 2 N–H and O–H groups in total. The van der Waals surface area contributed by atoms with E-state index in [9.17, 15) is 0 Å². The molecule has 0 aromatic heterocycles. The van der Waals surface area contributed by atoms with Gasteiger partial charge in [-0.2, -0.15) is 0 Å². The normalized spacial score (nSPS) is 25.0. The van der Waals surface area contributed by atoms with Gasteiger partial charge in [0.25, 0.3) is 0 Å². The van der Waals surface area contributed by atoms with Crippen LogP contribution in [0.15, 0.2) is 18.2 Å². The lowest BCUT2D eigenvalue weighted by molar-refractivity contribution is 0.356. The van der Waals surface area contributed by atoms with Crippen molar-refractivity contribution in [3.05, 3.63) is 34.3 Å². The van der Waals surface area contributed by atoms with E-state index < -0.39 is 0 Å². The van der Waals surface area contributed by atoms with E-state index in [-0.39, 0.29) is 5.41 Å². The molecule has 0 spiro atoms. The van der Waals surface area contributed by atoms with Crippen molar-refractivity contribution in [3.63, 3.8) is 0 Å². The lowest BCUT2D eigenvalue weighted by Crippen LogP contribution is -2.37. The van der Waals surface area contributed by atoms with Gasteiger partial charge >= 0.3 is 0 Å². The van der Waals surface area contributed by atoms with E-state index >= 15 is 0 Å². The van der Waals surface area contributed by atoms with Crippen LogP contribution in [0.5, 0.6) is 0 Å². The molecule has 0 fully saturated rings. The second-order valence-corrected chi connectivity index (χ2v) is 4.93. The molecule has 1 aliphatic carbocycles. The number of hydrogen-bond acceptors (Lipinski definition) is 1. The SMILES string of the molecule is CCC1(CN)CCCc2ccc(Cl)cc21. The predicted molar refractivity (Wildman–Crippen MR) is 65.4 cm³/mol. The van der Waals surface area contributed by atoms with Crippen LogP contribution in [0.1, 0.15) is 37.3 Å². The number of hydrogen-bond donors (Lipinski definition) is 1. The number of benzene rings is 1. The van der Waals surface area contributed by atoms with Crippen molar-refractivity contribution in [3.8, 4) is 0 Å². The molecule has 0 amide bonds. The fourth-order valence-corrected chi connectivity index (χ4v) is 2.91. The van der Waals surface area contributed by atoms with Crippen molar-refractivity contribution < 1.29 is 0 Å². The van der Waals surface area contributed by atoms with Crippen LogP contribution >= 0.6 is 11.6 Å². The monoisotopic (exact) mass is 223 g/mol. The first-order chi connectivity index (χ1) is 7.22. The average molecular weight is 224 g/mol. The summed E-state index contributed by atoms with van der Waals surface area (Å²) >= 11 is 6.08. The number of aryl methyl sites for hydroxylation is 1. The zero-order valence-electron chi connectivity index (χ0n) is 9.22. The summed E-state index contributed by atoms with van der Waals surface area (Å²) in [6.45, 7) is 2.96. The smallest absolute Gasteiger partial charge is 0.0409 e. The van der Waals surface area contributed by atoms with E-state index in [4.69, 9.17) is 17.3 Å². The van der Waals surface area contributed by atoms with E-state index in [1.807, 2.05) is 6.07 Å². The molecule has 15 heavy (non-hydrogen) atoms. The number of halogens is 1. The maximum absolute atomic E-state index is 6.08. The van der Waals surface area contributed by atoms with Crippen molar-refractivity contribution in [2.24, 2.45) is 5.73 Å². The quantitative estimate of drug-likeness (QED) is 0.818. The largest absolute Gasteiger partial charge is 0.330 e. The van der Waals surface area contributed by atoms with Crippen LogP contribution in [0.3, 0.4) is 0 Å². The van der Waals surface area contributed by atoms with Crippen LogP contribution < -0.4 is 5.73 Å². The molecule has 0 bridgehead atoms. The van der Waals surface area contributed by atoms with Gasteiger partial charge in [0.1, 0.15) is 0 Å². The maximum Gasteiger partial charge on any atom is 0.0409 e. The molecular formula is C13H18ClN. The van der Waals surface area contributed by atoms with Gasteiger partial charge in [0.15, 0.2) is 0 Å². The molecule has 1 nitrogen and oxygen atoms in total. The summed E-state index contributed by atoms with van der Waals surface area (Å²) in [5, 5.41) is 0.835. The molecule has 1 aromatic rings. The van der Waals surface area contributed by atoms with Crippen LogP contribution in [0.4, 0.5) is 0 Å². The second-order valence-electron chi connectivity index (χ2n) is 4.49. The summed E-state index contributed by atoms with van der Waals surface area (Å²) in [7, 11) is 0. The van der Waals surface area contributed by atoms with E-state index in [0.29, 0.717) is 0 Å². The first-order valence-corrected chi connectivity index (χ1v) is 6.08. The van der Waals surface area contributed by atoms with Crippen molar-refractivity contribution in [1.29, 1.82) is 0 Å². The zero-order valence-corrected chi connectivity index (χ0v) is 9.98. The molecule has 1 atom stereocenters. The Hall–Kier alpha value is -0.530. The molecule has 1 aromatic carbocycles. The molecule has 0 aliphatic heterocycles. The number of fused-ring (bicyclic) bond motifs is 1. The summed E-state index contributed by atoms with van der Waals surface area (Å²) in [6, 6.07) is 6.27. The molecule has 0 saturated heterocycles. The Morgan fingerprint density at radius 1 is 1.47 bits per heavy atom. The van der Waals surface area contributed by atoms with E-state index in [2.05, 4.69) is 19.1 Å². The van der Waals surface area contributed by atoms with E-state index in [0.717, 1.165) is 18.0 Å². The van der Waals surface area contributed by atoms with Crippen LogP contribution in [0.2, 0.25) is 5.02 Å². The maximum atomic E-state index is 6.08.